The Balaban J connectivity index is 1.91. The van der Waals surface area contributed by atoms with Crippen LogP contribution in [0.5, 0.6) is 5.75 Å². The first kappa shape index (κ1) is 19.3. The summed E-state index contributed by atoms with van der Waals surface area (Å²) in [5.41, 5.74) is 0.602. The van der Waals surface area contributed by atoms with Crippen LogP contribution in [0, 0.1) is 0 Å². The minimum Gasteiger partial charge on any atom is -0.508 e. The second-order valence-electron chi connectivity index (χ2n) is 6.11. The quantitative estimate of drug-likeness (QED) is 0.449. The lowest BCUT2D eigenvalue weighted by molar-refractivity contribution is 0.252. The van der Waals surface area contributed by atoms with Crippen molar-refractivity contribution in [2.45, 2.75) is 71.1 Å². The lowest BCUT2D eigenvalue weighted by Crippen LogP contribution is -2.29. The van der Waals surface area contributed by atoms with E-state index >= 15 is 0 Å². The Bertz CT molecular complexity index is 435. The number of hydrogen-bond acceptors (Lipinski definition) is 2. The van der Waals surface area contributed by atoms with E-state index in [1.54, 1.807) is 18.2 Å². The number of phenolic OH excluding ortho intramolecular Hbond substituents is 1. The van der Waals surface area contributed by atoms with Crippen LogP contribution in [-0.2, 0) is 0 Å². The van der Waals surface area contributed by atoms with Crippen LogP contribution in [0.1, 0.15) is 71.1 Å². The van der Waals surface area contributed by atoms with Crippen LogP contribution in [0.25, 0.3) is 0 Å². The summed E-state index contributed by atoms with van der Waals surface area (Å²) in [7, 11) is 0. The highest BCUT2D eigenvalue weighted by Gasteiger charge is 2.01. The molecular formula is C19H32N2O2. The molecule has 0 saturated carbocycles. The second kappa shape index (κ2) is 12.8. The number of carbonyl (C=O) groups excluding carboxylic acids is 1. The molecule has 4 nitrogen and oxygen atoms in total. The number of hydrogen-bond donors (Lipinski definition) is 3. The molecule has 0 atom stereocenters. The zero-order chi connectivity index (χ0) is 16.8. The van der Waals surface area contributed by atoms with Gasteiger partial charge < -0.3 is 15.7 Å². The summed E-state index contributed by atoms with van der Waals surface area (Å²) in [6.07, 6.45) is 12.9. The molecule has 0 fully saturated rings. The number of unbranched alkanes of at least 4 members (excludes halogenated alkanes) is 9. The molecule has 3 N–H and O–H groups in total. The normalized spacial score (nSPS) is 10.5. The number of rotatable bonds is 12. The molecule has 0 aliphatic heterocycles. The minimum absolute atomic E-state index is 0.150. The average molecular weight is 320 g/mol. The molecule has 1 aromatic rings. The third-order valence-corrected chi connectivity index (χ3v) is 3.92. The van der Waals surface area contributed by atoms with E-state index in [1.165, 1.54) is 63.9 Å². The lowest BCUT2D eigenvalue weighted by atomic mass is 10.1. The maximum absolute atomic E-state index is 11.7. The largest absolute Gasteiger partial charge is 0.508 e. The van der Waals surface area contributed by atoms with Crippen molar-refractivity contribution < 1.29 is 9.90 Å². The lowest BCUT2D eigenvalue weighted by Gasteiger charge is -2.08. The maximum Gasteiger partial charge on any atom is 0.319 e. The summed E-state index contributed by atoms with van der Waals surface area (Å²) in [5.74, 6) is 0.150. The maximum atomic E-state index is 11.7. The Hall–Kier alpha value is -1.71. The molecule has 0 aromatic heterocycles. The van der Waals surface area contributed by atoms with Gasteiger partial charge in [0.25, 0.3) is 0 Å². The minimum atomic E-state index is -0.216. The molecular weight excluding hydrogens is 288 g/mol. The molecule has 130 valence electrons. The van der Waals surface area contributed by atoms with Crippen LogP contribution >= 0.6 is 0 Å². The van der Waals surface area contributed by atoms with Gasteiger partial charge in [0.15, 0.2) is 0 Å². The third kappa shape index (κ3) is 10.6. The van der Waals surface area contributed by atoms with Crippen molar-refractivity contribution in [3.8, 4) is 5.75 Å². The molecule has 0 heterocycles. The fourth-order valence-electron chi connectivity index (χ4n) is 2.57. The number of benzene rings is 1. The number of phenols is 1. The summed E-state index contributed by atoms with van der Waals surface area (Å²) < 4.78 is 0. The predicted octanol–water partition coefficient (Wildman–Crippen LogP) is 5.43. The van der Waals surface area contributed by atoms with E-state index in [4.69, 9.17) is 0 Å². The van der Waals surface area contributed by atoms with E-state index in [-0.39, 0.29) is 11.8 Å². The van der Waals surface area contributed by atoms with Crippen LogP contribution in [0.4, 0.5) is 10.5 Å². The molecule has 0 radical (unpaired) electrons. The Labute approximate surface area is 140 Å². The smallest absolute Gasteiger partial charge is 0.319 e. The Kier molecular flexibility index (Phi) is 10.8. The first-order valence-electron chi connectivity index (χ1n) is 9.06. The number of aromatic hydroxyl groups is 1. The van der Waals surface area contributed by atoms with E-state index in [0.29, 0.717) is 12.2 Å². The van der Waals surface area contributed by atoms with Gasteiger partial charge in [-0.25, -0.2) is 4.79 Å². The summed E-state index contributed by atoms with van der Waals surface area (Å²) in [5, 5.41) is 14.9. The summed E-state index contributed by atoms with van der Waals surface area (Å²) >= 11 is 0. The highest BCUT2D eigenvalue weighted by atomic mass is 16.3. The fraction of sp³-hybridized carbons (Fsp3) is 0.632. The molecule has 0 unspecified atom stereocenters. The summed E-state index contributed by atoms with van der Waals surface area (Å²) in [6.45, 7) is 2.94. The number of anilines is 1. The van der Waals surface area contributed by atoms with Gasteiger partial charge in [-0.1, -0.05) is 70.8 Å². The third-order valence-electron chi connectivity index (χ3n) is 3.92. The van der Waals surface area contributed by atoms with Gasteiger partial charge in [0, 0.05) is 18.3 Å². The van der Waals surface area contributed by atoms with Crippen molar-refractivity contribution in [1.82, 2.24) is 5.32 Å². The predicted molar refractivity (Wildman–Crippen MR) is 97.0 cm³/mol. The van der Waals surface area contributed by atoms with Crippen molar-refractivity contribution >= 4 is 11.7 Å². The van der Waals surface area contributed by atoms with Crippen molar-refractivity contribution in [1.29, 1.82) is 0 Å². The number of carbonyl (C=O) groups is 1. The van der Waals surface area contributed by atoms with E-state index in [9.17, 15) is 9.90 Å². The van der Waals surface area contributed by atoms with Crippen molar-refractivity contribution in [3.63, 3.8) is 0 Å². The molecule has 0 aliphatic rings. The van der Waals surface area contributed by atoms with Gasteiger partial charge in [-0.2, -0.15) is 0 Å². The Morgan fingerprint density at radius 2 is 1.57 bits per heavy atom. The molecule has 23 heavy (non-hydrogen) atoms. The molecule has 0 bridgehead atoms. The van der Waals surface area contributed by atoms with Crippen molar-refractivity contribution in [2.75, 3.05) is 11.9 Å². The Morgan fingerprint density at radius 1 is 0.957 bits per heavy atom. The highest BCUT2D eigenvalue weighted by Crippen LogP contribution is 2.15. The topological polar surface area (TPSA) is 61.4 Å². The second-order valence-corrected chi connectivity index (χ2v) is 6.11. The van der Waals surface area contributed by atoms with Crippen LogP contribution in [0.15, 0.2) is 24.3 Å². The van der Waals surface area contributed by atoms with Gasteiger partial charge in [-0.15, -0.1) is 0 Å². The van der Waals surface area contributed by atoms with Gasteiger partial charge in [0.05, 0.1) is 0 Å². The van der Waals surface area contributed by atoms with Crippen LogP contribution < -0.4 is 10.6 Å². The van der Waals surface area contributed by atoms with Crippen LogP contribution in [-0.4, -0.2) is 17.7 Å². The summed E-state index contributed by atoms with van der Waals surface area (Å²) in [6, 6.07) is 6.34. The number of amides is 2. The van der Waals surface area contributed by atoms with E-state index in [1.807, 2.05) is 0 Å². The molecule has 2 amide bonds. The standard InChI is InChI=1S/C19H32N2O2/c1-2-3-4-5-6-7-8-9-10-11-15-20-19(23)21-17-13-12-14-18(22)16-17/h12-14,16,22H,2-11,15H2,1H3,(H2,20,21,23). The average Bonchev–Trinajstić information content (AvgIpc) is 2.52. The first-order valence-corrected chi connectivity index (χ1v) is 9.06. The fourth-order valence-corrected chi connectivity index (χ4v) is 2.57. The number of urea groups is 1. The van der Waals surface area contributed by atoms with Gasteiger partial charge in [-0.3, -0.25) is 0 Å². The molecule has 0 spiro atoms. The van der Waals surface area contributed by atoms with Gasteiger partial charge >= 0.3 is 6.03 Å². The van der Waals surface area contributed by atoms with Crippen molar-refractivity contribution in [2.24, 2.45) is 0 Å². The van der Waals surface area contributed by atoms with Gasteiger partial charge in [-0.05, 0) is 18.6 Å². The van der Waals surface area contributed by atoms with Crippen LogP contribution in [0.3, 0.4) is 0 Å². The number of nitrogens with one attached hydrogen (secondary N) is 2. The van der Waals surface area contributed by atoms with Gasteiger partial charge in [0.1, 0.15) is 5.75 Å². The molecule has 1 rings (SSSR count). The summed E-state index contributed by atoms with van der Waals surface area (Å²) in [4.78, 5) is 11.7. The van der Waals surface area contributed by atoms with E-state index < -0.39 is 0 Å². The van der Waals surface area contributed by atoms with Gasteiger partial charge in [0.2, 0.25) is 0 Å². The molecule has 4 heteroatoms. The molecule has 0 aliphatic carbocycles. The van der Waals surface area contributed by atoms with E-state index in [2.05, 4.69) is 17.6 Å². The molecule has 0 saturated heterocycles. The monoisotopic (exact) mass is 320 g/mol. The zero-order valence-corrected chi connectivity index (χ0v) is 14.4. The Morgan fingerprint density at radius 3 is 2.17 bits per heavy atom. The molecule has 1 aromatic carbocycles. The van der Waals surface area contributed by atoms with Crippen molar-refractivity contribution in [3.05, 3.63) is 24.3 Å². The first-order chi connectivity index (χ1) is 11.2. The highest BCUT2D eigenvalue weighted by molar-refractivity contribution is 5.89. The zero-order valence-electron chi connectivity index (χ0n) is 14.4. The van der Waals surface area contributed by atoms with Crippen LogP contribution in [0.2, 0.25) is 0 Å². The SMILES string of the molecule is CCCCCCCCCCCCNC(=O)Nc1cccc(O)c1. The van der Waals surface area contributed by atoms with E-state index in [0.717, 1.165) is 6.42 Å².